The number of ether oxygens (including phenoxy) is 3. The number of anilines is 1. The fraction of sp³-hybridized carbons (Fsp3) is 0.231. The minimum Gasteiger partial charge on any atom is -0.497 e. The lowest BCUT2D eigenvalue weighted by atomic mass is 10.1. The quantitative estimate of drug-likeness (QED) is 0.367. The van der Waals surface area contributed by atoms with Gasteiger partial charge in [-0.15, -0.1) is 0 Å². The molecule has 0 bridgehead atoms. The summed E-state index contributed by atoms with van der Waals surface area (Å²) in [7, 11) is 1.58. The molecular weight excluding hydrogens is 406 g/mol. The molecule has 0 radical (unpaired) electrons. The molecule has 3 aromatic rings. The highest BCUT2D eigenvalue weighted by molar-refractivity contribution is 6.04. The van der Waals surface area contributed by atoms with Crippen LogP contribution in [0.2, 0.25) is 0 Å². The first-order valence-electron chi connectivity index (χ1n) is 10.5. The van der Waals surface area contributed by atoms with Crippen LogP contribution in [-0.2, 0) is 11.2 Å². The molecule has 6 heteroatoms. The van der Waals surface area contributed by atoms with E-state index >= 15 is 0 Å². The molecule has 0 aliphatic carbocycles. The molecule has 1 atom stereocenters. The van der Waals surface area contributed by atoms with Crippen molar-refractivity contribution in [2.45, 2.75) is 32.8 Å². The van der Waals surface area contributed by atoms with Gasteiger partial charge in [-0.3, -0.25) is 4.79 Å². The predicted octanol–water partition coefficient (Wildman–Crippen LogP) is 5.27. The summed E-state index contributed by atoms with van der Waals surface area (Å²) in [5, 5.41) is 2.80. The molecule has 0 aliphatic rings. The normalized spacial score (nSPS) is 11.3. The molecule has 0 fully saturated rings. The molecule has 0 saturated carbocycles. The molecule has 0 heterocycles. The van der Waals surface area contributed by atoms with Gasteiger partial charge in [0.1, 0.15) is 17.2 Å². The van der Waals surface area contributed by atoms with E-state index in [1.165, 1.54) is 5.56 Å². The van der Waals surface area contributed by atoms with Crippen LogP contribution < -0.4 is 19.5 Å². The van der Waals surface area contributed by atoms with Crippen LogP contribution in [0.1, 0.15) is 36.2 Å². The Morgan fingerprint density at radius 2 is 1.44 bits per heavy atom. The average molecular weight is 434 g/mol. The molecule has 0 saturated heterocycles. The topological polar surface area (TPSA) is 73.9 Å². The zero-order chi connectivity index (χ0) is 22.9. The molecule has 0 aliphatic heterocycles. The zero-order valence-corrected chi connectivity index (χ0v) is 18.5. The van der Waals surface area contributed by atoms with Crippen LogP contribution in [0.5, 0.6) is 17.2 Å². The number of rotatable bonds is 9. The van der Waals surface area contributed by atoms with E-state index in [2.05, 4.69) is 12.2 Å². The molecular formula is C26H27NO5. The second-order valence-electron chi connectivity index (χ2n) is 7.28. The molecule has 0 aromatic heterocycles. The van der Waals surface area contributed by atoms with Crippen LogP contribution in [-0.4, -0.2) is 25.1 Å². The van der Waals surface area contributed by atoms with Crippen molar-refractivity contribution in [1.29, 1.82) is 0 Å². The van der Waals surface area contributed by atoms with Gasteiger partial charge < -0.3 is 19.5 Å². The standard InChI is InChI=1S/C26H27NO5/c1-4-5-19-6-12-23(13-7-19)31-18(2)26(29)32-24-14-8-20(9-15-24)25(28)27-21-10-16-22(30-3)17-11-21/h6-18H,4-5H2,1-3H3,(H,27,28). The molecule has 3 rings (SSSR count). The highest BCUT2D eigenvalue weighted by Gasteiger charge is 2.18. The first-order chi connectivity index (χ1) is 15.5. The van der Waals surface area contributed by atoms with Crippen LogP contribution >= 0.6 is 0 Å². The maximum atomic E-state index is 12.4. The van der Waals surface area contributed by atoms with E-state index in [4.69, 9.17) is 14.2 Å². The third-order valence-corrected chi connectivity index (χ3v) is 4.79. The number of carbonyl (C=O) groups is 2. The summed E-state index contributed by atoms with van der Waals surface area (Å²) in [5.74, 6) is 0.875. The van der Waals surface area contributed by atoms with E-state index in [1.807, 2.05) is 24.3 Å². The second-order valence-corrected chi connectivity index (χ2v) is 7.28. The fourth-order valence-electron chi connectivity index (χ4n) is 3.03. The number of hydrogen-bond donors (Lipinski definition) is 1. The van der Waals surface area contributed by atoms with E-state index in [0.717, 1.165) is 12.8 Å². The number of benzene rings is 3. The fourth-order valence-corrected chi connectivity index (χ4v) is 3.03. The lowest BCUT2D eigenvalue weighted by Gasteiger charge is -2.14. The van der Waals surface area contributed by atoms with Crippen molar-refractivity contribution in [3.05, 3.63) is 83.9 Å². The Morgan fingerprint density at radius 3 is 2.03 bits per heavy atom. The number of hydrogen-bond acceptors (Lipinski definition) is 5. The summed E-state index contributed by atoms with van der Waals surface area (Å²) in [6.07, 6.45) is 1.31. The van der Waals surface area contributed by atoms with Gasteiger partial charge in [-0.2, -0.15) is 0 Å². The van der Waals surface area contributed by atoms with Crippen molar-refractivity contribution in [3.8, 4) is 17.2 Å². The Kier molecular flexibility index (Phi) is 7.86. The largest absolute Gasteiger partial charge is 0.497 e. The first kappa shape index (κ1) is 22.9. The zero-order valence-electron chi connectivity index (χ0n) is 18.5. The van der Waals surface area contributed by atoms with Crippen LogP contribution in [0, 0.1) is 0 Å². The van der Waals surface area contributed by atoms with Crippen LogP contribution in [0.3, 0.4) is 0 Å². The molecule has 1 N–H and O–H groups in total. The Labute approximate surface area is 188 Å². The Morgan fingerprint density at radius 1 is 0.844 bits per heavy atom. The maximum Gasteiger partial charge on any atom is 0.352 e. The van der Waals surface area contributed by atoms with Crippen molar-refractivity contribution < 1.29 is 23.8 Å². The van der Waals surface area contributed by atoms with Gasteiger partial charge in [0.2, 0.25) is 0 Å². The lowest BCUT2D eigenvalue weighted by Crippen LogP contribution is -2.28. The summed E-state index contributed by atoms with van der Waals surface area (Å²) >= 11 is 0. The second kappa shape index (κ2) is 11.0. The van der Waals surface area contributed by atoms with E-state index in [1.54, 1.807) is 62.6 Å². The molecule has 32 heavy (non-hydrogen) atoms. The molecule has 166 valence electrons. The van der Waals surface area contributed by atoms with Gasteiger partial charge >= 0.3 is 5.97 Å². The average Bonchev–Trinajstić information content (AvgIpc) is 2.81. The minimum atomic E-state index is -0.773. The molecule has 0 spiro atoms. The third-order valence-electron chi connectivity index (χ3n) is 4.79. The van der Waals surface area contributed by atoms with Crippen molar-refractivity contribution in [2.75, 3.05) is 12.4 Å². The first-order valence-corrected chi connectivity index (χ1v) is 10.5. The van der Waals surface area contributed by atoms with Crippen molar-refractivity contribution in [2.24, 2.45) is 0 Å². The number of aryl methyl sites for hydroxylation is 1. The number of carbonyl (C=O) groups excluding carboxylic acids is 2. The van der Waals surface area contributed by atoms with Gasteiger partial charge in [0.05, 0.1) is 7.11 Å². The van der Waals surface area contributed by atoms with E-state index < -0.39 is 12.1 Å². The highest BCUT2D eigenvalue weighted by Crippen LogP contribution is 2.19. The number of esters is 1. The summed E-state index contributed by atoms with van der Waals surface area (Å²) in [6, 6.07) is 21.1. The SMILES string of the molecule is CCCc1ccc(OC(C)C(=O)Oc2ccc(C(=O)Nc3ccc(OC)cc3)cc2)cc1. The maximum absolute atomic E-state index is 12.4. The summed E-state index contributed by atoms with van der Waals surface area (Å²) in [5.41, 5.74) is 2.32. The number of nitrogens with one attached hydrogen (secondary N) is 1. The summed E-state index contributed by atoms with van der Waals surface area (Å²) in [6.45, 7) is 3.77. The molecule has 6 nitrogen and oxygen atoms in total. The lowest BCUT2D eigenvalue weighted by molar-refractivity contribution is -0.141. The Bertz CT molecular complexity index is 1030. The number of methoxy groups -OCH3 is 1. The monoisotopic (exact) mass is 433 g/mol. The molecule has 1 unspecified atom stereocenters. The highest BCUT2D eigenvalue weighted by atomic mass is 16.6. The Balaban J connectivity index is 1.53. The van der Waals surface area contributed by atoms with Crippen LogP contribution in [0.25, 0.3) is 0 Å². The van der Waals surface area contributed by atoms with Gasteiger partial charge in [-0.1, -0.05) is 25.5 Å². The molecule has 3 aromatic carbocycles. The van der Waals surface area contributed by atoms with E-state index in [-0.39, 0.29) is 5.91 Å². The third kappa shape index (κ3) is 6.35. The van der Waals surface area contributed by atoms with Crippen molar-refractivity contribution >= 4 is 17.6 Å². The van der Waals surface area contributed by atoms with Crippen molar-refractivity contribution in [1.82, 2.24) is 0 Å². The van der Waals surface area contributed by atoms with Gasteiger partial charge in [0.15, 0.2) is 6.10 Å². The number of amides is 1. The smallest absolute Gasteiger partial charge is 0.352 e. The van der Waals surface area contributed by atoms with E-state index in [0.29, 0.717) is 28.5 Å². The minimum absolute atomic E-state index is 0.267. The van der Waals surface area contributed by atoms with E-state index in [9.17, 15) is 9.59 Å². The predicted molar refractivity (Wildman–Crippen MR) is 124 cm³/mol. The van der Waals surface area contributed by atoms with Gasteiger partial charge in [0, 0.05) is 11.3 Å². The van der Waals surface area contributed by atoms with Gasteiger partial charge in [0.25, 0.3) is 5.91 Å². The Hall–Kier alpha value is -3.80. The van der Waals surface area contributed by atoms with Gasteiger partial charge in [-0.05, 0) is 79.6 Å². The van der Waals surface area contributed by atoms with Crippen LogP contribution in [0.15, 0.2) is 72.8 Å². The molecule has 1 amide bonds. The van der Waals surface area contributed by atoms with Crippen molar-refractivity contribution in [3.63, 3.8) is 0 Å². The van der Waals surface area contributed by atoms with Gasteiger partial charge in [-0.25, -0.2) is 4.79 Å². The summed E-state index contributed by atoms with van der Waals surface area (Å²) < 4.78 is 16.2. The van der Waals surface area contributed by atoms with Crippen LogP contribution in [0.4, 0.5) is 5.69 Å². The summed E-state index contributed by atoms with van der Waals surface area (Å²) in [4.78, 5) is 24.8.